The van der Waals surface area contributed by atoms with Crippen LogP contribution in [0.15, 0.2) is 54.9 Å². The highest BCUT2D eigenvalue weighted by atomic mass is 32.1. The minimum absolute atomic E-state index is 0.142. The SMILES string of the molecule is O=C(Nc1cccnc1)c1ccc(-c2ccc3c(c2)OCCO3)s1. The minimum Gasteiger partial charge on any atom is -0.486 e. The maximum absolute atomic E-state index is 12.3. The van der Waals surface area contributed by atoms with Crippen molar-refractivity contribution in [3.63, 3.8) is 0 Å². The van der Waals surface area contributed by atoms with Crippen LogP contribution in [0.1, 0.15) is 9.67 Å². The Labute approximate surface area is 142 Å². The number of benzene rings is 1. The summed E-state index contributed by atoms with van der Waals surface area (Å²) in [5.74, 6) is 1.36. The smallest absolute Gasteiger partial charge is 0.265 e. The van der Waals surface area contributed by atoms with Crippen LogP contribution >= 0.6 is 11.3 Å². The Hall–Kier alpha value is -2.86. The number of hydrogen-bond donors (Lipinski definition) is 1. The Morgan fingerprint density at radius 2 is 1.96 bits per heavy atom. The number of thiophene rings is 1. The van der Waals surface area contributed by atoms with Gasteiger partial charge in [0.1, 0.15) is 13.2 Å². The number of ether oxygens (including phenoxy) is 2. The number of carbonyl (C=O) groups excluding carboxylic acids is 1. The van der Waals surface area contributed by atoms with Crippen LogP contribution in [0.2, 0.25) is 0 Å². The Morgan fingerprint density at radius 1 is 1.08 bits per heavy atom. The van der Waals surface area contributed by atoms with E-state index in [-0.39, 0.29) is 5.91 Å². The van der Waals surface area contributed by atoms with E-state index in [1.54, 1.807) is 24.5 Å². The van der Waals surface area contributed by atoms with Gasteiger partial charge in [-0.2, -0.15) is 0 Å². The highest BCUT2D eigenvalue weighted by Crippen LogP contribution is 2.37. The second-order valence-electron chi connectivity index (χ2n) is 5.22. The minimum atomic E-state index is -0.142. The summed E-state index contributed by atoms with van der Waals surface area (Å²) in [4.78, 5) is 18.0. The van der Waals surface area contributed by atoms with Gasteiger partial charge in [-0.1, -0.05) is 0 Å². The second-order valence-corrected chi connectivity index (χ2v) is 6.30. The van der Waals surface area contributed by atoms with E-state index < -0.39 is 0 Å². The van der Waals surface area contributed by atoms with Crippen LogP contribution in [-0.4, -0.2) is 24.1 Å². The largest absolute Gasteiger partial charge is 0.486 e. The monoisotopic (exact) mass is 338 g/mol. The topological polar surface area (TPSA) is 60.5 Å². The zero-order valence-corrected chi connectivity index (χ0v) is 13.5. The van der Waals surface area contributed by atoms with Gasteiger partial charge < -0.3 is 14.8 Å². The number of pyridine rings is 1. The number of nitrogens with zero attached hydrogens (tertiary/aromatic N) is 1. The molecule has 0 bridgehead atoms. The fraction of sp³-hybridized carbons (Fsp3) is 0.111. The molecule has 0 atom stereocenters. The molecule has 1 amide bonds. The first kappa shape index (κ1) is 14.7. The first-order valence-electron chi connectivity index (χ1n) is 7.51. The fourth-order valence-corrected chi connectivity index (χ4v) is 3.34. The summed E-state index contributed by atoms with van der Waals surface area (Å²) in [5.41, 5.74) is 1.68. The first-order chi connectivity index (χ1) is 11.8. The molecule has 0 unspecified atom stereocenters. The lowest BCUT2D eigenvalue weighted by atomic mass is 10.1. The maximum Gasteiger partial charge on any atom is 0.265 e. The predicted octanol–water partition coefficient (Wildman–Crippen LogP) is 3.83. The van der Waals surface area contributed by atoms with Crippen molar-refractivity contribution in [3.05, 3.63) is 59.7 Å². The van der Waals surface area contributed by atoms with Gasteiger partial charge in [-0.25, -0.2) is 0 Å². The van der Waals surface area contributed by atoms with Crippen molar-refractivity contribution in [1.29, 1.82) is 0 Å². The Morgan fingerprint density at radius 3 is 2.79 bits per heavy atom. The molecule has 1 aliphatic rings. The highest BCUT2D eigenvalue weighted by Gasteiger charge is 2.15. The van der Waals surface area contributed by atoms with Crippen molar-refractivity contribution < 1.29 is 14.3 Å². The molecule has 1 aliphatic heterocycles. The predicted molar refractivity (Wildman–Crippen MR) is 92.9 cm³/mol. The van der Waals surface area contributed by atoms with Gasteiger partial charge in [0.15, 0.2) is 11.5 Å². The van der Waals surface area contributed by atoms with Crippen LogP contribution in [0.4, 0.5) is 5.69 Å². The molecular weight excluding hydrogens is 324 g/mol. The van der Waals surface area contributed by atoms with Gasteiger partial charge in [0.05, 0.1) is 16.8 Å². The lowest BCUT2D eigenvalue weighted by Gasteiger charge is -2.18. The third kappa shape index (κ3) is 2.96. The van der Waals surface area contributed by atoms with Gasteiger partial charge in [0, 0.05) is 11.1 Å². The van der Waals surface area contributed by atoms with Crippen molar-refractivity contribution in [2.45, 2.75) is 0 Å². The summed E-state index contributed by atoms with van der Waals surface area (Å²) in [7, 11) is 0. The van der Waals surface area contributed by atoms with Crippen LogP contribution in [0.25, 0.3) is 10.4 Å². The van der Waals surface area contributed by atoms with Crippen molar-refractivity contribution in [2.75, 3.05) is 18.5 Å². The van der Waals surface area contributed by atoms with Gasteiger partial charge in [-0.3, -0.25) is 9.78 Å². The van der Waals surface area contributed by atoms with Crippen LogP contribution < -0.4 is 14.8 Å². The summed E-state index contributed by atoms with van der Waals surface area (Å²) < 4.78 is 11.1. The van der Waals surface area contributed by atoms with Crippen molar-refractivity contribution in [3.8, 4) is 21.9 Å². The quantitative estimate of drug-likeness (QED) is 0.788. The molecule has 120 valence electrons. The standard InChI is InChI=1S/C18H14N2O3S/c21-18(20-13-2-1-7-19-11-13)17-6-5-16(24-17)12-3-4-14-15(10-12)23-9-8-22-14/h1-7,10-11H,8-9H2,(H,20,21). The molecule has 0 radical (unpaired) electrons. The number of anilines is 1. The molecule has 24 heavy (non-hydrogen) atoms. The maximum atomic E-state index is 12.3. The molecule has 3 aromatic rings. The van der Waals surface area contributed by atoms with E-state index in [2.05, 4.69) is 10.3 Å². The number of fused-ring (bicyclic) bond motifs is 1. The molecule has 5 nitrogen and oxygen atoms in total. The summed E-state index contributed by atoms with van der Waals surface area (Å²) in [6.07, 6.45) is 3.29. The van der Waals surface area contributed by atoms with E-state index in [1.165, 1.54) is 11.3 Å². The van der Waals surface area contributed by atoms with Gasteiger partial charge >= 0.3 is 0 Å². The third-order valence-electron chi connectivity index (χ3n) is 3.58. The highest BCUT2D eigenvalue weighted by molar-refractivity contribution is 7.17. The molecule has 1 N–H and O–H groups in total. The fourth-order valence-electron chi connectivity index (χ4n) is 2.44. The molecule has 6 heteroatoms. The number of amides is 1. The average Bonchev–Trinajstić information content (AvgIpc) is 3.12. The van der Waals surface area contributed by atoms with E-state index in [1.807, 2.05) is 30.3 Å². The van der Waals surface area contributed by atoms with Gasteiger partial charge in [0.25, 0.3) is 5.91 Å². The number of aromatic nitrogens is 1. The summed E-state index contributed by atoms with van der Waals surface area (Å²) in [6, 6.07) is 13.2. The van der Waals surface area contributed by atoms with Crippen LogP contribution in [0, 0.1) is 0 Å². The molecule has 2 aromatic heterocycles. The van der Waals surface area contributed by atoms with Crippen molar-refractivity contribution in [2.24, 2.45) is 0 Å². The molecule has 4 rings (SSSR count). The lowest BCUT2D eigenvalue weighted by molar-refractivity contribution is 0.103. The molecule has 1 aromatic carbocycles. The van der Waals surface area contributed by atoms with Gasteiger partial charge in [0.2, 0.25) is 0 Å². The molecule has 0 fully saturated rings. The second kappa shape index (κ2) is 6.33. The molecule has 0 saturated heterocycles. The normalized spacial score (nSPS) is 12.7. The van der Waals surface area contributed by atoms with Crippen LogP contribution in [0.3, 0.4) is 0 Å². The molecule has 3 heterocycles. The van der Waals surface area contributed by atoms with E-state index in [0.29, 0.717) is 23.8 Å². The zero-order chi connectivity index (χ0) is 16.4. The third-order valence-corrected chi connectivity index (χ3v) is 4.71. The summed E-state index contributed by atoms with van der Waals surface area (Å²) >= 11 is 1.44. The molecule has 0 spiro atoms. The summed E-state index contributed by atoms with van der Waals surface area (Å²) in [5, 5.41) is 2.84. The lowest BCUT2D eigenvalue weighted by Crippen LogP contribution is -2.15. The van der Waals surface area contributed by atoms with Gasteiger partial charge in [-0.15, -0.1) is 11.3 Å². The Bertz CT molecular complexity index is 877. The van der Waals surface area contributed by atoms with Crippen LogP contribution in [-0.2, 0) is 0 Å². The molecule has 0 saturated carbocycles. The average molecular weight is 338 g/mol. The van der Waals surface area contributed by atoms with E-state index in [0.717, 1.165) is 21.9 Å². The van der Waals surface area contributed by atoms with Crippen molar-refractivity contribution in [1.82, 2.24) is 4.98 Å². The van der Waals surface area contributed by atoms with E-state index in [4.69, 9.17) is 9.47 Å². The number of nitrogens with one attached hydrogen (secondary N) is 1. The van der Waals surface area contributed by atoms with Crippen LogP contribution in [0.5, 0.6) is 11.5 Å². The van der Waals surface area contributed by atoms with Crippen molar-refractivity contribution >= 4 is 22.9 Å². The number of hydrogen-bond acceptors (Lipinski definition) is 5. The van der Waals surface area contributed by atoms with E-state index >= 15 is 0 Å². The zero-order valence-electron chi connectivity index (χ0n) is 12.7. The first-order valence-corrected chi connectivity index (χ1v) is 8.32. The van der Waals surface area contributed by atoms with Gasteiger partial charge in [-0.05, 0) is 48.0 Å². The summed E-state index contributed by atoms with van der Waals surface area (Å²) in [6.45, 7) is 1.13. The molecule has 0 aliphatic carbocycles. The number of rotatable bonds is 3. The Balaban J connectivity index is 1.55. The molecular formula is C18H14N2O3S. The number of carbonyl (C=O) groups is 1. The van der Waals surface area contributed by atoms with E-state index in [9.17, 15) is 4.79 Å². The Kier molecular flexibility index (Phi) is 3.88.